The molecule has 0 fully saturated rings. The van der Waals surface area contributed by atoms with Crippen LogP contribution in [-0.2, 0) is 9.68 Å². The first-order chi connectivity index (χ1) is 10.9. The quantitative estimate of drug-likeness (QED) is 0.360. The zero-order chi connectivity index (χ0) is 17.0. The number of rotatable bonds is 5. The Morgan fingerprint density at radius 3 is 2.22 bits per heavy atom. The number of ketones is 1. The Bertz CT molecular complexity index is 772. The minimum absolute atomic E-state index is 0.0824. The van der Waals surface area contributed by atoms with Crippen LogP contribution < -0.4 is 4.89 Å². The van der Waals surface area contributed by atoms with E-state index in [2.05, 4.69) is 4.89 Å². The van der Waals surface area contributed by atoms with Crippen molar-refractivity contribution in [1.29, 1.82) is 0 Å². The molecule has 0 aliphatic heterocycles. The van der Waals surface area contributed by atoms with E-state index in [1.54, 1.807) is 0 Å². The van der Waals surface area contributed by atoms with Crippen LogP contribution in [0.2, 0.25) is 5.02 Å². The van der Waals surface area contributed by atoms with Gasteiger partial charge in [-0.25, -0.2) is 4.79 Å². The molecule has 0 saturated heterocycles. The summed E-state index contributed by atoms with van der Waals surface area (Å²) < 4.78 is 0. The summed E-state index contributed by atoms with van der Waals surface area (Å²) in [5, 5.41) is 10.7. The zero-order valence-electron chi connectivity index (χ0n) is 11.8. The van der Waals surface area contributed by atoms with Gasteiger partial charge >= 0.3 is 5.97 Å². The molecule has 0 aromatic heterocycles. The van der Waals surface area contributed by atoms with Crippen molar-refractivity contribution in [2.75, 3.05) is 0 Å². The Morgan fingerprint density at radius 1 is 1.09 bits per heavy atom. The van der Waals surface area contributed by atoms with E-state index < -0.39 is 10.9 Å². The lowest BCUT2D eigenvalue weighted by atomic mass is 10.0. The van der Waals surface area contributed by atoms with Crippen molar-refractivity contribution in [1.82, 2.24) is 0 Å². The summed E-state index contributed by atoms with van der Waals surface area (Å²) >= 11 is 5.95. The summed E-state index contributed by atoms with van der Waals surface area (Å²) in [6.45, 7) is 1.17. The molecule has 0 heterocycles. The van der Waals surface area contributed by atoms with E-state index in [4.69, 9.17) is 16.5 Å². The zero-order valence-corrected chi connectivity index (χ0v) is 12.6. The molecule has 0 N–H and O–H groups in total. The number of carbonyl (C=O) groups excluding carboxylic acids is 2. The maximum Gasteiger partial charge on any atom is 0.352 e. The second kappa shape index (κ2) is 6.89. The topological polar surface area (TPSA) is 95.7 Å². The number of nitro benzene ring substituents is 1. The van der Waals surface area contributed by atoms with Gasteiger partial charge in [0, 0.05) is 30.2 Å². The van der Waals surface area contributed by atoms with Crippen LogP contribution in [0.1, 0.15) is 22.8 Å². The molecule has 23 heavy (non-hydrogen) atoms. The summed E-state index contributed by atoms with van der Waals surface area (Å²) in [6, 6.07) is 9.37. The van der Waals surface area contributed by atoms with Crippen LogP contribution in [0.15, 0.2) is 42.5 Å². The molecule has 7 nitrogen and oxygen atoms in total. The van der Waals surface area contributed by atoms with Gasteiger partial charge in [-0.3, -0.25) is 24.7 Å². The molecule has 2 rings (SSSR count). The number of nitro groups is 1. The van der Waals surface area contributed by atoms with Crippen LogP contribution in [0, 0.1) is 10.1 Å². The molecule has 0 radical (unpaired) electrons. The summed E-state index contributed by atoms with van der Waals surface area (Å²) in [6.07, 6.45) is 0. The number of halogens is 1. The third-order valence-corrected chi connectivity index (χ3v) is 3.08. The van der Waals surface area contributed by atoms with E-state index in [1.807, 2.05) is 0 Å². The van der Waals surface area contributed by atoms with Gasteiger partial charge in [-0.1, -0.05) is 11.6 Å². The van der Waals surface area contributed by atoms with Crippen LogP contribution in [0.4, 0.5) is 5.69 Å². The van der Waals surface area contributed by atoms with Crippen molar-refractivity contribution in [2.45, 2.75) is 6.92 Å². The van der Waals surface area contributed by atoms with Gasteiger partial charge in [-0.2, -0.15) is 0 Å². The largest absolute Gasteiger partial charge is 0.352 e. The number of carbonyl (C=O) groups is 2. The number of nitrogens with zero attached hydrogens (tertiary/aromatic N) is 1. The van der Waals surface area contributed by atoms with E-state index in [1.165, 1.54) is 49.4 Å². The number of benzene rings is 2. The fourth-order valence-corrected chi connectivity index (χ4v) is 1.93. The highest BCUT2D eigenvalue weighted by Gasteiger charge is 2.14. The molecular weight excluding hydrogens is 326 g/mol. The predicted octanol–water partition coefficient (Wildman–Crippen LogP) is 3.34. The lowest BCUT2D eigenvalue weighted by Crippen LogP contribution is -2.05. The summed E-state index contributed by atoms with van der Waals surface area (Å²) in [5.41, 5.74) is 0.434. The van der Waals surface area contributed by atoms with Crippen molar-refractivity contribution in [3.8, 4) is 5.75 Å². The van der Waals surface area contributed by atoms with Gasteiger partial charge in [0.15, 0.2) is 11.5 Å². The summed E-state index contributed by atoms with van der Waals surface area (Å²) in [4.78, 5) is 42.1. The standard InChI is InChI=1S/C15H10ClNO6/c1-9(18)22-23-14-7-4-11(8-13(14)16)15(19)10-2-5-12(6-3-10)17(20)21/h2-8H,1H3. The third kappa shape index (κ3) is 4.04. The molecule has 8 heteroatoms. The van der Waals surface area contributed by atoms with Gasteiger partial charge in [-0.05, 0) is 30.3 Å². The molecular formula is C15H10ClNO6. The van der Waals surface area contributed by atoms with Gasteiger partial charge in [0.05, 0.1) is 9.95 Å². The Labute approximate surface area is 135 Å². The van der Waals surface area contributed by atoms with Crippen LogP contribution in [-0.4, -0.2) is 16.7 Å². The minimum atomic E-state index is -0.646. The molecule has 0 bridgehead atoms. The fourth-order valence-electron chi connectivity index (χ4n) is 1.71. The first-order valence-corrected chi connectivity index (χ1v) is 6.70. The van der Waals surface area contributed by atoms with Crippen molar-refractivity contribution >= 4 is 29.0 Å². The molecule has 0 atom stereocenters. The van der Waals surface area contributed by atoms with E-state index in [0.29, 0.717) is 0 Å². The molecule has 0 aliphatic carbocycles. The third-order valence-electron chi connectivity index (χ3n) is 2.78. The van der Waals surface area contributed by atoms with Gasteiger partial charge in [0.2, 0.25) is 0 Å². The first-order valence-electron chi connectivity index (χ1n) is 6.32. The smallest absolute Gasteiger partial charge is 0.289 e. The van der Waals surface area contributed by atoms with Crippen molar-refractivity contribution in [2.24, 2.45) is 0 Å². The van der Waals surface area contributed by atoms with Crippen LogP contribution in [0.5, 0.6) is 5.75 Å². The van der Waals surface area contributed by atoms with Gasteiger partial charge in [-0.15, -0.1) is 0 Å². The Balaban J connectivity index is 2.20. The van der Waals surface area contributed by atoms with E-state index in [-0.39, 0.29) is 33.4 Å². The van der Waals surface area contributed by atoms with Crippen LogP contribution in [0.3, 0.4) is 0 Å². The molecule has 0 unspecified atom stereocenters. The van der Waals surface area contributed by atoms with E-state index in [9.17, 15) is 19.7 Å². The van der Waals surface area contributed by atoms with Crippen molar-refractivity contribution in [3.63, 3.8) is 0 Å². The highest BCUT2D eigenvalue weighted by Crippen LogP contribution is 2.27. The molecule has 0 spiro atoms. The van der Waals surface area contributed by atoms with Gasteiger partial charge < -0.3 is 0 Å². The second-order valence-corrected chi connectivity index (χ2v) is 4.84. The average Bonchev–Trinajstić information content (AvgIpc) is 2.53. The Hall–Kier alpha value is -2.93. The molecule has 118 valence electrons. The monoisotopic (exact) mass is 335 g/mol. The van der Waals surface area contributed by atoms with Crippen molar-refractivity contribution in [3.05, 3.63) is 68.7 Å². The first kappa shape index (κ1) is 16.4. The lowest BCUT2D eigenvalue weighted by molar-refractivity contribution is -0.384. The number of non-ortho nitro benzene ring substituents is 1. The minimum Gasteiger partial charge on any atom is -0.289 e. The lowest BCUT2D eigenvalue weighted by Gasteiger charge is -2.06. The second-order valence-electron chi connectivity index (χ2n) is 4.44. The highest BCUT2D eigenvalue weighted by atomic mass is 35.5. The summed E-state index contributed by atoms with van der Waals surface area (Å²) in [5.74, 6) is -0.921. The van der Waals surface area contributed by atoms with Crippen molar-refractivity contribution < 1.29 is 24.3 Å². The maximum absolute atomic E-state index is 12.3. The summed E-state index contributed by atoms with van der Waals surface area (Å²) in [7, 11) is 0. The fraction of sp³-hybridized carbons (Fsp3) is 0.0667. The van der Waals surface area contributed by atoms with Crippen LogP contribution in [0.25, 0.3) is 0 Å². The Morgan fingerprint density at radius 2 is 1.70 bits per heavy atom. The predicted molar refractivity (Wildman–Crippen MR) is 80.4 cm³/mol. The number of hydrogen-bond acceptors (Lipinski definition) is 6. The molecule has 0 saturated carbocycles. The molecule has 2 aromatic rings. The number of hydrogen-bond donors (Lipinski definition) is 0. The van der Waals surface area contributed by atoms with Crippen LogP contribution >= 0.6 is 11.6 Å². The average molecular weight is 336 g/mol. The molecule has 0 aliphatic rings. The molecule has 2 aromatic carbocycles. The normalized spacial score (nSPS) is 10.0. The SMILES string of the molecule is CC(=O)OOc1ccc(C(=O)c2ccc([N+](=O)[O-])cc2)cc1Cl. The Kier molecular flexibility index (Phi) is 4.92. The van der Waals surface area contributed by atoms with E-state index >= 15 is 0 Å². The highest BCUT2D eigenvalue weighted by molar-refractivity contribution is 6.32. The maximum atomic E-state index is 12.3. The molecule has 0 amide bonds. The van der Waals surface area contributed by atoms with Gasteiger partial charge in [0.1, 0.15) is 0 Å². The van der Waals surface area contributed by atoms with E-state index in [0.717, 1.165) is 0 Å². The van der Waals surface area contributed by atoms with Gasteiger partial charge in [0.25, 0.3) is 5.69 Å².